The zero-order chi connectivity index (χ0) is 12.1. The van der Waals surface area contributed by atoms with Gasteiger partial charge in [-0.1, -0.05) is 6.92 Å². The van der Waals surface area contributed by atoms with Gasteiger partial charge in [0.05, 0.1) is 6.10 Å². The van der Waals surface area contributed by atoms with E-state index in [4.69, 9.17) is 0 Å². The van der Waals surface area contributed by atoms with E-state index in [1.807, 2.05) is 14.0 Å². The smallest absolute Gasteiger partial charge is 0.137 e. The van der Waals surface area contributed by atoms with Crippen LogP contribution in [0.5, 0.6) is 0 Å². The van der Waals surface area contributed by atoms with Crippen LogP contribution in [0.3, 0.4) is 0 Å². The summed E-state index contributed by atoms with van der Waals surface area (Å²) < 4.78 is 0. The van der Waals surface area contributed by atoms with E-state index in [-0.39, 0.29) is 12.0 Å². The summed E-state index contributed by atoms with van der Waals surface area (Å²) in [4.78, 5) is 13.9. The van der Waals surface area contributed by atoms with Gasteiger partial charge >= 0.3 is 0 Å². The Morgan fingerprint density at radius 1 is 1.56 bits per heavy atom. The predicted molar refractivity (Wildman–Crippen MR) is 65.3 cm³/mol. The van der Waals surface area contributed by atoms with Crippen molar-refractivity contribution in [3.63, 3.8) is 0 Å². The van der Waals surface area contributed by atoms with Crippen LogP contribution in [0.25, 0.3) is 0 Å². The van der Waals surface area contributed by atoms with Crippen LogP contribution in [0.4, 0.5) is 0 Å². The molecule has 0 aliphatic heterocycles. The number of carbonyl (C=O) groups is 1. The van der Waals surface area contributed by atoms with Gasteiger partial charge in [-0.15, -0.1) is 0 Å². The minimum atomic E-state index is -0.247. The second-order valence-electron chi connectivity index (χ2n) is 5.44. The lowest BCUT2D eigenvalue weighted by Crippen LogP contribution is -2.35. The van der Waals surface area contributed by atoms with Crippen LogP contribution in [0.15, 0.2) is 0 Å². The standard InChI is InChI=1S/C13H25NO2/c1-10-4-5-13(16)12(8-10)9-14(3)7-6-11(2)15/h10-12,15H,4-9H2,1-3H3. The van der Waals surface area contributed by atoms with E-state index in [9.17, 15) is 9.90 Å². The molecule has 0 aromatic heterocycles. The number of aliphatic hydroxyl groups is 1. The minimum absolute atomic E-state index is 0.225. The second kappa shape index (κ2) is 6.36. The first-order chi connectivity index (χ1) is 7.49. The molecule has 1 saturated carbocycles. The molecule has 3 atom stereocenters. The van der Waals surface area contributed by atoms with Gasteiger partial charge in [-0.3, -0.25) is 4.79 Å². The summed E-state index contributed by atoms with van der Waals surface area (Å²) in [6, 6.07) is 0. The summed E-state index contributed by atoms with van der Waals surface area (Å²) in [5.74, 6) is 1.35. The molecular formula is C13H25NO2. The van der Waals surface area contributed by atoms with E-state index in [0.717, 1.165) is 38.8 Å². The summed E-state index contributed by atoms with van der Waals surface area (Å²) in [5, 5.41) is 9.21. The molecule has 1 N–H and O–H groups in total. The van der Waals surface area contributed by atoms with Crippen molar-refractivity contribution in [1.29, 1.82) is 0 Å². The highest BCUT2D eigenvalue weighted by atomic mass is 16.3. The van der Waals surface area contributed by atoms with Crippen molar-refractivity contribution in [2.45, 2.75) is 45.6 Å². The summed E-state index contributed by atoms with van der Waals surface area (Å²) in [6.45, 7) is 5.77. The van der Waals surface area contributed by atoms with E-state index in [1.54, 1.807) is 0 Å². The van der Waals surface area contributed by atoms with Gasteiger partial charge in [-0.05, 0) is 39.2 Å². The Kier molecular flexibility index (Phi) is 5.42. The van der Waals surface area contributed by atoms with Gasteiger partial charge in [-0.2, -0.15) is 0 Å². The molecule has 3 nitrogen and oxygen atoms in total. The number of aliphatic hydroxyl groups excluding tert-OH is 1. The molecule has 16 heavy (non-hydrogen) atoms. The Morgan fingerprint density at radius 2 is 2.25 bits per heavy atom. The molecule has 0 amide bonds. The Morgan fingerprint density at radius 3 is 2.88 bits per heavy atom. The molecule has 0 aromatic rings. The Hall–Kier alpha value is -0.410. The number of nitrogens with zero attached hydrogens (tertiary/aromatic N) is 1. The molecule has 1 fully saturated rings. The molecular weight excluding hydrogens is 202 g/mol. The molecule has 1 aliphatic rings. The lowest BCUT2D eigenvalue weighted by Gasteiger charge is -2.29. The van der Waals surface area contributed by atoms with Crippen molar-refractivity contribution in [3.05, 3.63) is 0 Å². The van der Waals surface area contributed by atoms with Gasteiger partial charge in [-0.25, -0.2) is 0 Å². The van der Waals surface area contributed by atoms with E-state index >= 15 is 0 Å². The topological polar surface area (TPSA) is 40.5 Å². The number of ketones is 1. The molecule has 3 unspecified atom stereocenters. The van der Waals surface area contributed by atoms with Gasteiger partial charge in [0.2, 0.25) is 0 Å². The van der Waals surface area contributed by atoms with E-state index in [0.29, 0.717) is 11.7 Å². The van der Waals surface area contributed by atoms with Crippen LogP contribution in [0.2, 0.25) is 0 Å². The Bertz CT molecular complexity index is 228. The maximum atomic E-state index is 11.7. The van der Waals surface area contributed by atoms with Gasteiger partial charge in [0.1, 0.15) is 5.78 Å². The molecule has 3 heteroatoms. The highest BCUT2D eigenvalue weighted by Crippen LogP contribution is 2.26. The van der Waals surface area contributed by atoms with Crippen LogP contribution in [-0.4, -0.2) is 42.0 Å². The molecule has 0 heterocycles. The lowest BCUT2D eigenvalue weighted by atomic mass is 9.81. The van der Waals surface area contributed by atoms with Gasteiger partial charge in [0, 0.05) is 25.4 Å². The zero-order valence-corrected chi connectivity index (χ0v) is 10.8. The average molecular weight is 227 g/mol. The average Bonchev–Trinajstić information content (AvgIpc) is 2.20. The van der Waals surface area contributed by atoms with Crippen molar-refractivity contribution in [3.8, 4) is 0 Å². The Labute approximate surface area is 98.8 Å². The van der Waals surface area contributed by atoms with Crippen molar-refractivity contribution in [1.82, 2.24) is 4.90 Å². The second-order valence-corrected chi connectivity index (χ2v) is 5.44. The first kappa shape index (κ1) is 13.7. The third kappa shape index (κ3) is 4.62. The first-order valence-corrected chi connectivity index (χ1v) is 6.38. The molecule has 1 aliphatic carbocycles. The van der Waals surface area contributed by atoms with Gasteiger partial charge in [0.25, 0.3) is 0 Å². The van der Waals surface area contributed by atoms with Crippen LogP contribution >= 0.6 is 0 Å². The molecule has 1 rings (SSSR count). The largest absolute Gasteiger partial charge is 0.393 e. The molecule has 0 spiro atoms. The third-order valence-electron chi connectivity index (χ3n) is 3.49. The minimum Gasteiger partial charge on any atom is -0.393 e. The van der Waals surface area contributed by atoms with Crippen LogP contribution in [-0.2, 0) is 4.79 Å². The monoisotopic (exact) mass is 227 g/mol. The van der Waals surface area contributed by atoms with Crippen molar-refractivity contribution in [2.24, 2.45) is 11.8 Å². The van der Waals surface area contributed by atoms with Crippen molar-refractivity contribution in [2.75, 3.05) is 20.1 Å². The summed E-state index contributed by atoms with van der Waals surface area (Å²) in [5.41, 5.74) is 0. The van der Waals surface area contributed by atoms with E-state index < -0.39 is 0 Å². The first-order valence-electron chi connectivity index (χ1n) is 6.38. The highest BCUT2D eigenvalue weighted by molar-refractivity contribution is 5.81. The molecule has 0 aromatic carbocycles. The molecule has 0 saturated heterocycles. The Balaban J connectivity index is 2.31. The fourth-order valence-corrected chi connectivity index (χ4v) is 2.38. The number of hydrogen-bond donors (Lipinski definition) is 1. The SMILES string of the molecule is CC(O)CCN(C)CC1CC(C)CCC1=O. The maximum Gasteiger partial charge on any atom is 0.137 e. The maximum absolute atomic E-state index is 11.7. The van der Waals surface area contributed by atoms with Crippen molar-refractivity contribution < 1.29 is 9.90 Å². The van der Waals surface area contributed by atoms with Gasteiger partial charge in [0.15, 0.2) is 0 Å². The molecule has 0 radical (unpaired) electrons. The highest BCUT2D eigenvalue weighted by Gasteiger charge is 2.27. The fourth-order valence-electron chi connectivity index (χ4n) is 2.38. The van der Waals surface area contributed by atoms with E-state index in [1.165, 1.54) is 0 Å². The number of hydrogen-bond acceptors (Lipinski definition) is 3. The molecule has 0 bridgehead atoms. The lowest BCUT2D eigenvalue weighted by molar-refractivity contribution is -0.126. The summed E-state index contributed by atoms with van der Waals surface area (Å²) in [6.07, 6.45) is 3.40. The number of rotatable bonds is 5. The summed E-state index contributed by atoms with van der Waals surface area (Å²) in [7, 11) is 2.04. The number of Topliss-reactive ketones (excluding diaryl/α,β-unsaturated/α-hetero) is 1. The van der Waals surface area contributed by atoms with Crippen LogP contribution in [0, 0.1) is 11.8 Å². The van der Waals surface area contributed by atoms with Crippen molar-refractivity contribution >= 4 is 5.78 Å². The third-order valence-corrected chi connectivity index (χ3v) is 3.49. The normalized spacial score (nSPS) is 28.4. The zero-order valence-electron chi connectivity index (χ0n) is 10.8. The van der Waals surface area contributed by atoms with Crippen LogP contribution < -0.4 is 0 Å². The number of carbonyl (C=O) groups excluding carboxylic acids is 1. The quantitative estimate of drug-likeness (QED) is 0.777. The van der Waals surface area contributed by atoms with Crippen LogP contribution in [0.1, 0.15) is 39.5 Å². The van der Waals surface area contributed by atoms with Gasteiger partial charge < -0.3 is 10.0 Å². The predicted octanol–water partition coefficient (Wildman–Crippen LogP) is 1.69. The summed E-state index contributed by atoms with van der Waals surface area (Å²) >= 11 is 0. The van der Waals surface area contributed by atoms with E-state index in [2.05, 4.69) is 11.8 Å². The molecule has 94 valence electrons. The fraction of sp³-hybridized carbons (Fsp3) is 0.923.